The van der Waals surface area contributed by atoms with Crippen molar-refractivity contribution >= 4 is 11.0 Å². The van der Waals surface area contributed by atoms with Crippen molar-refractivity contribution in [2.75, 3.05) is 54.9 Å². The second-order valence-electron chi connectivity index (χ2n) is 6.63. The molecule has 33 heavy (non-hydrogen) atoms. The smallest absolute Gasteiger partial charge is 0.235 e. The van der Waals surface area contributed by atoms with Crippen LogP contribution in [0.2, 0.25) is 0 Å². The maximum Gasteiger partial charge on any atom is 0.235 e. The van der Waals surface area contributed by atoms with Gasteiger partial charge in [0, 0.05) is 33.0 Å². The molecule has 0 spiro atoms. The van der Waals surface area contributed by atoms with Gasteiger partial charge in [0.15, 0.2) is 37.6 Å². The number of fused-ring (bicyclic) bond motifs is 1. The number of ether oxygens (including phenoxy) is 7. The van der Waals surface area contributed by atoms with E-state index in [0.29, 0.717) is 33.8 Å². The van der Waals surface area contributed by atoms with Crippen molar-refractivity contribution in [1.29, 1.82) is 0 Å². The zero-order valence-electron chi connectivity index (χ0n) is 18.6. The van der Waals surface area contributed by atoms with E-state index >= 15 is 0 Å². The average molecular weight is 462 g/mol. The van der Waals surface area contributed by atoms with Crippen LogP contribution in [0.5, 0.6) is 23.0 Å². The predicted molar refractivity (Wildman–Crippen MR) is 118 cm³/mol. The molecule has 3 aromatic rings. The van der Waals surface area contributed by atoms with Crippen LogP contribution in [0.1, 0.15) is 0 Å². The van der Waals surface area contributed by atoms with Gasteiger partial charge >= 0.3 is 0 Å². The van der Waals surface area contributed by atoms with Crippen molar-refractivity contribution in [3.05, 3.63) is 46.6 Å². The SMILES string of the molecule is COCOc1ccc2c(=O)c(OCOC)c(-c3ccc(OCCO)c(OCOC)c3)oc2c1. The van der Waals surface area contributed by atoms with Crippen molar-refractivity contribution in [3.63, 3.8) is 0 Å². The molecule has 10 heteroatoms. The van der Waals surface area contributed by atoms with E-state index in [1.165, 1.54) is 21.3 Å². The summed E-state index contributed by atoms with van der Waals surface area (Å²) in [5.41, 5.74) is 0.417. The lowest BCUT2D eigenvalue weighted by molar-refractivity contribution is 0.0481. The van der Waals surface area contributed by atoms with Crippen molar-refractivity contribution in [3.8, 4) is 34.3 Å². The second-order valence-corrected chi connectivity index (χ2v) is 6.63. The predicted octanol–water partition coefficient (Wildman–Crippen LogP) is 2.78. The highest BCUT2D eigenvalue weighted by atomic mass is 16.7. The van der Waals surface area contributed by atoms with Crippen LogP contribution in [0.4, 0.5) is 0 Å². The molecule has 0 amide bonds. The lowest BCUT2D eigenvalue weighted by Crippen LogP contribution is -2.12. The molecule has 0 saturated heterocycles. The summed E-state index contributed by atoms with van der Waals surface area (Å²) < 4.78 is 43.1. The first-order chi connectivity index (χ1) is 16.1. The van der Waals surface area contributed by atoms with E-state index in [0.717, 1.165) is 0 Å². The van der Waals surface area contributed by atoms with Gasteiger partial charge in [-0.25, -0.2) is 0 Å². The fourth-order valence-electron chi connectivity index (χ4n) is 2.97. The third kappa shape index (κ3) is 5.93. The summed E-state index contributed by atoms with van der Waals surface area (Å²) >= 11 is 0. The Balaban J connectivity index is 2.14. The molecular weight excluding hydrogens is 436 g/mol. The third-order valence-corrected chi connectivity index (χ3v) is 4.37. The topological polar surface area (TPSA) is 115 Å². The quantitative estimate of drug-likeness (QED) is 0.380. The second kappa shape index (κ2) is 12.1. The first kappa shape index (κ1) is 24.3. The maximum atomic E-state index is 13.2. The Labute approximate surface area is 190 Å². The highest BCUT2D eigenvalue weighted by Gasteiger charge is 2.20. The lowest BCUT2D eigenvalue weighted by Gasteiger charge is -2.15. The highest BCUT2D eigenvalue weighted by molar-refractivity contribution is 5.83. The van der Waals surface area contributed by atoms with Gasteiger partial charge in [0.05, 0.1) is 12.0 Å². The Morgan fingerprint density at radius 2 is 1.55 bits per heavy atom. The van der Waals surface area contributed by atoms with Crippen molar-refractivity contribution in [2.24, 2.45) is 0 Å². The van der Waals surface area contributed by atoms with Gasteiger partial charge in [-0.15, -0.1) is 0 Å². The summed E-state index contributed by atoms with van der Waals surface area (Å²) in [6.07, 6.45) is 0. The van der Waals surface area contributed by atoms with E-state index in [-0.39, 0.29) is 50.5 Å². The summed E-state index contributed by atoms with van der Waals surface area (Å²) in [5, 5.41) is 9.38. The van der Waals surface area contributed by atoms with Crippen LogP contribution in [0.15, 0.2) is 45.6 Å². The first-order valence-corrected chi connectivity index (χ1v) is 9.97. The van der Waals surface area contributed by atoms with Gasteiger partial charge in [-0.05, 0) is 30.3 Å². The summed E-state index contributed by atoms with van der Waals surface area (Å²) in [6, 6.07) is 9.78. The number of hydrogen-bond donors (Lipinski definition) is 1. The average Bonchev–Trinajstić information content (AvgIpc) is 2.84. The Morgan fingerprint density at radius 3 is 2.27 bits per heavy atom. The number of aliphatic hydroxyl groups is 1. The summed E-state index contributed by atoms with van der Waals surface area (Å²) in [5.74, 6) is 1.35. The molecule has 0 fully saturated rings. The van der Waals surface area contributed by atoms with Crippen LogP contribution in [-0.4, -0.2) is 60.0 Å². The van der Waals surface area contributed by atoms with Gasteiger partial charge < -0.3 is 42.7 Å². The van der Waals surface area contributed by atoms with Gasteiger partial charge in [0.1, 0.15) is 17.9 Å². The van der Waals surface area contributed by atoms with Crippen LogP contribution in [-0.2, 0) is 14.2 Å². The Kier molecular flexibility index (Phi) is 8.90. The molecule has 0 aliphatic rings. The zero-order valence-corrected chi connectivity index (χ0v) is 18.6. The van der Waals surface area contributed by atoms with Crippen LogP contribution < -0.4 is 24.4 Å². The van der Waals surface area contributed by atoms with Crippen LogP contribution >= 0.6 is 0 Å². The minimum absolute atomic E-state index is 0.0170. The Hall–Kier alpha value is -3.31. The van der Waals surface area contributed by atoms with E-state index < -0.39 is 0 Å². The van der Waals surface area contributed by atoms with Crippen molar-refractivity contribution in [2.45, 2.75) is 0 Å². The number of rotatable bonds is 13. The molecule has 1 aromatic heterocycles. The molecule has 178 valence electrons. The van der Waals surface area contributed by atoms with E-state index in [4.69, 9.17) is 42.7 Å². The number of hydrogen-bond acceptors (Lipinski definition) is 10. The monoisotopic (exact) mass is 462 g/mol. The molecule has 1 heterocycles. The molecule has 0 bridgehead atoms. The van der Waals surface area contributed by atoms with E-state index in [9.17, 15) is 4.79 Å². The lowest BCUT2D eigenvalue weighted by atomic mass is 10.1. The molecule has 2 aromatic carbocycles. The van der Waals surface area contributed by atoms with Gasteiger partial charge in [0.25, 0.3) is 0 Å². The normalized spacial score (nSPS) is 10.9. The summed E-state index contributed by atoms with van der Waals surface area (Å²) in [7, 11) is 4.45. The first-order valence-electron chi connectivity index (χ1n) is 9.97. The minimum atomic E-state index is -0.374. The van der Waals surface area contributed by atoms with Crippen LogP contribution in [0.25, 0.3) is 22.3 Å². The number of benzene rings is 2. The van der Waals surface area contributed by atoms with E-state index in [1.54, 1.807) is 36.4 Å². The van der Waals surface area contributed by atoms with Gasteiger partial charge in [-0.3, -0.25) is 4.79 Å². The molecular formula is C23H26O10. The van der Waals surface area contributed by atoms with Gasteiger partial charge in [0.2, 0.25) is 11.2 Å². The Bertz CT molecular complexity index is 1110. The standard InChI is InChI=1S/C23H26O10/c1-26-12-30-16-5-6-17-19(11-16)33-22(23(21(17)25)32-14-28-3)15-4-7-18(29-9-8-24)20(10-15)31-13-27-2/h4-7,10-11,24H,8-9,12-14H2,1-3H3. The van der Waals surface area contributed by atoms with Crippen molar-refractivity contribution < 1.29 is 42.7 Å². The summed E-state index contributed by atoms with van der Waals surface area (Å²) in [4.78, 5) is 13.2. The van der Waals surface area contributed by atoms with Crippen LogP contribution in [0.3, 0.4) is 0 Å². The molecule has 3 rings (SSSR count). The molecule has 10 nitrogen and oxygen atoms in total. The molecule has 0 aliphatic heterocycles. The molecule has 0 atom stereocenters. The van der Waals surface area contributed by atoms with Crippen molar-refractivity contribution in [1.82, 2.24) is 0 Å². The highest BCUT2D eigenvalue weighted by Crippen LogP contribution is 2.37. The maximum absolute atomic E-state index is 13.2. The summed E-state index contributed by atoms with van der Waals surface area (Å²) in [6.45, 7) is -0.211. The van der Waals surface area contributed by atoms with E-state index in [1.807, 2.05) is 0 Å². The van der Waals surface area contributed by atoms with Crippen LogP contribution in [0, 0.1) is 0 Å². The minimum Gasteiger partial charge on any atom is -0.487 e. The van der Waals surface area contributed by atoms with E-state index in [2.05, 4.69) is 0 Å². The fourth-order valence-corrected chi connectivity index (χ4v) is 2.97. The zero-order chi connectivity index (χ0) is 23.6. The largest absolute Gasteiger partial charge is 0.487 e. The molecule has 0 saturated carbocycles. The number of aliphatic hydroxyl groups excluding tert-OH is 1. The fraction of sp³-hybridized carbons (Fsp3) is 0.348. The molecule has 0 unspecified atom stereocenters. The molecule has 1 N–H and O–H groups in total. The van der Waals surface area contributed by atoms with Gasteiger partial charge in [-0.1, -0.05) is 0 Å². The number of methoxy groups -OCH3 is 3. The Morgan fingerprint density at radius 1 is 0.818 bits per heavy atom. The third-order valence-electron chi connectivity index (χ3n) is 4.37. The molecule has 0 aliphatic carbocycles. The molecule has 0 radical (unpaired) electrons. The van der Waals surface area contributed by atoms with Gasteiger partial charge in [-0.2, -0.15) is 0 Å².